The number of hydrogen-bond acceptors (Lipinski definition) is 3. The highest BCUT2D eigenvalue weighted by Gasteiger charge is 2.18. The predicted molar refractivity (Wildman–Crippen MR) is 62.0 cm³/mol. The molecule has 4 heteroatoms. The summed E-state index contributed by atoms with van der Waals surface area (Å²) in [6.45, 7) is 3.73. The number of aliphatic hydroxyl groups excluding tert-OH is 2. The molecule has 84 valence electrons. The first-order chi connectivity index (χ1) is 6.97. The molecule has 4 N–H and O–H groups in total. The monoisotopic (exact) mass is 229 g/mol. The van der Waals surface area contributed by atoms with E-state index in [4.69, 9.17) is 17.3 Å². The second-order valence-corrected chi connectivity index (χ2v) is 4.04. The minimum atomic E-state index is -0.958. The summed E-state index contributed by atoms with van der Waals surface area (Å²) in [4.78, 5) is 0. The van der Waals surface area contributed by atoms with Crippen LogP contribution in [0.5, 0.6) is 0 Å². The van der Waals surface area contributed by atoms with Gasteiger partial charge in [0.1, 0.15) is 6.10 Å². The Balaban J connectivity index is 3.06. The maximum absolute atomic E-state index is 9.75. The van der Waals surface area contributed by atoms with Gasteiger partial charge in [-0.05, 0) is 30.5 Å². The summed E-state index contributed by atoms with van der Waals surface area (Å²) < 4.78 is 0. The zero-order valence-electron chi connectivity index (χ0n) is 8.87. The number of hydrogen-bond donors (Lipinski definition) is 3. The van der Waals surface area contributed by atoms with Crippen LogP contribution >= 0.6 is 11.6 Å². The van der Waals surface area contributed by atoms with Gasteiger partial charge < -0.3 is 15.9 Å². The summed E-state index contributed by atoms with van der Waals surface area (Å²) in [7, 11) is 0. The summed E-state index contributed by atoms with van der Waals surface area (Å²) in [6.07, 6.45) is -1.91. The molecule has 2 atom stereocenters. The van der Waals surface area contributed by atoms with E-state index in [0.717, 1.165) is 11.1 Å². The molecule has 0 saturated heterocycles. The standard InChI is InChI=1S/C11H16ClNO2/c1-6-3-8(4-7(2)10(6)13)11(15)9(14)5-12/h3-4,9,11,14-15H,5,13H2,1-2H3. The molecule has 15 heavy (non-hydrogen) atoms. The second kappa shape index (κ2) is 4.84. The van der Waals surface area contributed by atoms with Crippen LogP contribution in [0.15, 0.2) is 12.1 Å². The van der Waals surface area contributed by atoms with Gasteiger partial charge in [0.2, 0.25) is 0 Å². The van der Waals surface area contributed by atoms with Gasteiger partial charge in [-0.1, -0.05) is 12.1 Å². The minimum absolute atomic E-state index is 0.00361. The van der Waals surface area contributed by atoms with Gasteiger partial charge in [-0.25, -0.2) is 0 Å². The van der Waals surface area contributed by atoms with Crippen LogP contribution in [0.1, 0.15) is 22.8 Å². The predicted octanol–water partition coefficient (Wildman–Crippen LogP) is 1.52. The van der Waals surface area contributed by atoms with Crippen LogP contribution < -0.4 is 5.73 Å². The van der Waals surface area contributed by atoms with Crippen molar-refractivity contribution >= 4 is 17.3 Å². The molecule has 1 aromatic rings. The van der Waals surface area contributed by atoms with Crippen molar-refractivity contribution in [2.24, 2.45) is 0 Å². The molecule has 0 fully saturated rings. The number of alkyl halides is 1. The maximum Gasteiger partial charge on any atom is 0.106 e. The zero-order valence-corrected chi connectivity index (χ0v) is 9.62. The van der Waals surface area contributed by atoms with Crippen LogP contribution in [0.3, 0.4) is 0 Å². The molecule has 0 aliphatic carbocycles. The van der Waals surface area contributed by atoms with Crippen LogP contribution in [-0.2, 0) is 0 Å². The van der Waals surface area contributed by atoms with Crippen LogP contribution in [-0.4, -0.2) is 22.2 Å². The van der Waals surface area contributed by atoms with Gasteiger partial charge in [0.15, 0.2) is 0 Å². The largest absolute Gasteiger partial charge is 0.398 e. The molecule has 0 radical (unpaired) electrons. The Morgan fingerprint density at radius 1 is 1.27 bits per heavy atom. The van der Waals surface area contributed by atoms with Gasteiger partial charge in [-0.15, -0.1) is 11.6 Å². The van der Waals surface area contributed by atoms with Crippen LogP contribution in [0, 0.1) is 13.8 Å². The Hall–Kier alpha value is -0.770. The smallest absolute Gasteiger partial charge is 0.106 e. The van der Waals surface area contributed by atoms with E-state index in [1.54, 1.807) is 12.1 Å². The fraction of sp³-hybridized carbons (Fsp3) is 0.455. The average Bonchev–Trinajstić information content (AvgIpc) is 2.23. The van der Waals surface area contributed by atoms with E-state index < -0.39 is 12.2 Å². The minimum Gasteiger partial charge on any atom is -0.398 e. The fourth-order valence-corrected chi connectivity index (χ4v) is 1.65. The summed E-state index contributed by atoms with van der Waals surface area (Å²) in [5.41, 5.74) is 8.94. The third-order valence-electron chi connectivity index (χ3n) is 2.48. The molecule has 0 aromatic heterocycles. The molecule has 0 spiro atoms. The molecule has 2 unspecified atom stereocenters. The lowest BCUT2D eigenvalue weighted by Gasteiger charge is -2.18. The molecule has 1 aromatic carbocycles. The van der Waals surface area contributed by atoms with E-state index in [2.05, 4.69) is 0 Å². The highest BCUT2D eigenvalue weighted by Crippen LogP contribution is 2.25. The third-order valence-corrected chi connectivity index (χ3v) is 2.80. The number of rotatable bonds is 3. The van der Waals surface area contributed by atoms with E-state index in [1.807, 2.05) is 13.8 Å². The molecule has 0 bridgehead atoms. The Labute approximate surface area is 94.5 Å². The topological polar surface area (TPSA) is 66.5 Å². The number of aryl methyl sites for hydroxylation is 2. The molecule has 1 rings (SSSR count). The molecule has 0 aliphatic heterocycles. The van der Waals surface area contributed by atoms with Gasteiger partial charge in [-0.2, -0.15) is 0 Å². The van der Waals surface area contributed by atoms with E-state index in [-0.39, 0.29) is 5.88 Å². The first kappa shape index (κ1) is 12.3. The lowest BCUT2D eigenvalue weighted by Crippen LogP contribution is -2.20. The van der Waals surface area contributed by atoms with Crippen molar-refractivity contribution in [1.82, 2.24) is 0 Å². The van der Waals surface area contributed by atoms with Crippen molar-refractivity contribution in [1.29, 1.82) is 0 Å². The molecular formula is C11H16ClNO2. The SMILES string of the molecule is Cc1cc(C(O)C(O)CCl)cc(C)c1N. The number of aliphatic hydroxyl groups is 2. The molecule has 0 heterocycles. The van der Waals surface area contributed by atoms with Crippen LogP contribution in [0.25, 0.3) is 0 Å². The molecule has 3 nitrogen and oxygen atoms in total. The number of benzene rings is 1. The van der Waals surface area contributed by atoms with Crippen molar-refractivity contribution in [3.05, 3.63) is 28.8 Å². The van der Waals surface area contributed by atoms with E-state index in [0.29, 0.717) is 11.3 Å². The van der Waals surface area contributed by atoms with E-state index in [9.17, 15) is 10.2 Å². The van der Waals surface area contributed by atoms with Crippen molar-refractivity contribution in [3.63, 3.8) is 0 Å². The Morgan fingerprint density at radius 2 is 1.73 bits per heavy atom. The van der Waals surface area contributed by atoms with Crippen LogP contribution in [0.4, 0.5) is 5.69 Å². The highest BCUT2D eigenvalue weighted by atomic mass is 35.5. The average molecular weight is 230 g/mol. The lowest BCUT2D eigenvalue weighted by molar-refractivity contribution is 0.0327. The second-order valence-electron chi connectivity index (χ2n) is 3.73. The summed E-state index contributed by atoms with van der Waals surface area (Å²) in [5, 5.41) is 19.2. The summed E-state index contributed by atoms with van der Waals surface area (Å²) in [5.74, 6) is 0.00361. The van der Waals surface area contributed by atoms with Crippen LogP contribution in [0.2, 0.25) is 0 Å². The van der Waals surface area contributed by atoms with Gasteiger partial charge in [0.05, 0.1) is 12.0 Å². The highest BCUT2D eigenvalue weighted by molar-refractivity contribution is 6.18. The molecule has 0 saturated carbocycles. The van der Waals surface area contributed by atoms with Gasteiger partial charge >= 0.3 is 0 Å². The van der Waals surface area contributed by atoms with Gasteiger partial charge in [0, 0.05) is 5.69 Å². The zero-order chi connectivity index (χ0) is 11.6. The number of nitrogens with two attached hydrogens (primary N) is 1. The van der Waals surface area contributed by atoms with Gasteiger partial charge in [-0.3, -0.25) is 0 Å². The number of anilines is 1. The normalized spacial score (nSPS) is 15.0. The Kier molecular flexibility index (Phi) is 3.97. The quantitative estimate of drug-likeness (QED) is 0.544. The Morgan fingerprint density at radius 3 is 2.13 bits per heavy atom. The third kappa shape index (κ3) is 2.62. The molecular weight excluding hydrogens is 214 g/mol. The fourth-order valence-electron chi connectivity index (χ4n) is 1.49. The van der Waals surface area contributed by atoms with Crippen molar-refractivity contribution in [2.75, 3.05) is 11.6 Å². The molecule has 0 aliphatic rings. The maximum atomic E-state index is 9.75. The summed E-state index contributed by atoms with van der Waals surface area (Å²) in [6, 6.07) is 3.53. The van der Waals surface area contributed by atoms with E-state index >= 15 is 0 Å². The van der Waals surface area contributed by atoms with Crippen molar-refractivity contribution in [2.45, 2.75) is 26.1 Å². The molecule has 0 amide bonds. The first-order valence-electron chi connectivity index (χ1n) is 4.76. The van der Waals surface area contributed by atoms with E-state index in [1.165, 1.54) is 0 Å². The lowest BCUT2D eigenvalue weighted by atomic mass is 9.99. The Bertz CT molecular complexity index is 331. The van der Waals surface area contributed by atoms with Gasteiger partial charge in [0.25, 0.3) is 0 Å². The van der Waals surface area contributed by atoms with Crippen molar-refractivity contribution < 1.29 is 10.2 Å². The van der Waals surface area contributed by atoms with Crippen molar-refractivity contribution in [3.8, 4) is 0 Å². The summed E-state index contributed by atoms with van der Waals surface area (Å²) >= 11 is 5.47. The number of halogens is 1. The number of nitrogen functional groups attached to an aromatic ring is 1. The first-order valence-corrected chi connectivity index (χ1v) is 5.29.